The molecule has 2 aromatic rings. The number of rotatable bonds is 6. The lowest BCUT2D eigenvalue weighted by Crippen LogP contribution is -2.35. The highest BCUT2D eigenvalue weighted by molar-refractivity contribution is 5.93. The van der Waals surface area contributed by atoms with Crippen molar-refractivity contribution in [2.24, 2.45) is 0 Å². The number of nitrogens with one attached hydrogen (secondary N) is 1. The lowest BCUT2D eigenvalue weighted by molar-refractivity contribution is 0.206. The van der Waals surface area contributed by atoms with Crippen LogP contribution in [0.4, 0.5) is 20.6 Å². The summed E-state index contributed by atoms with van der Waals surface area (Å²) in [6.07, 6.45) is 2.35. The first kappa shape index (κ1) is 18.0. The number of carbonyl (C=O) groups excluding carboxylic acids is 1. The molecule has 1 aliphatic rings. The van der Waals surface area contributed by atoms with E-state index in [1.54, 1.807) is 25.2 Å². The van der Waals surface area contributed by atoms with Crippen LogP contribution in [-0.2, 0) is 0 Å². The normalized spacial score (nSPS) is 13.5. The quantitative estimate of drug-likeness (QED) is 0.851. The summed E-state index contributed by atoms with van der Waals surface area (Å²) in [4.78, 5) is 16.3. The third-order valence-corrected chi connectivity index (χ3v) is 4.46. The number of nitrogens with zero attached hydrogens (tertiary/aromatic N) is 2. The summed E-state index contributed by atoms with van der Waals surface area (Å²) in [6.45, 7) is 2.60. The van der Waals surface area contributed by atoms with E-state index >= 15 is 0 Å². The van der Waals surface area contributed by atoms with Gasteiger partial charge < -0.3 is 19.9 Å². The molecular weight excluding hydrogens is 333 g/mol. The van der Waals surface area contributed by atoms with Crippen molar-refractivity contribution >= 4 is 17.4 Å². The largest absolute Gasteiger partial charge is 0.489 e. The first-order valence-corrected chi connectivity index (χ1v) is 8.88. The molecule has 1 saturated heterocycles. The van der Waals surface area contributed by atoms with Crippen molar-refractivity contribution in [1.82, 2.24) is 4.90 Å². The summed E-state index contributed by atoms with van der Waals surface area (Å²) < 4.78 is 18.9. The van der Waals surface area contributed by atoms with Gasteiger partial charge in [0.05, 0.1) is 17.9 Å². The van der Waals surface area contributed by atoms with E-state index in [0.29, 0.717) is 6.54 Å². The number of hydrogen-bond donors (Lipinski definition) is 1. The predicted octanol–water partition coefficient (Wildman–Crippen LogP) is 3.97. The number of likely N-dealkylation sites (N-methyl/N-ethyl adjacent to an activating group) is 1. The van der Waals surface area contributed by atoms with E-state index in [2.05, 4.69) is 10.2 Å². The molecule has 0 unspecified atom stereocenters. The molecule has 2 amide bonds. The lowest BCUT2D eigenvalue weighted by Gasteiger charge is -2.23. The number of para-hydroxylation sites is 3. The number of hydrogen-bond acceptors (Lipinski definition) is 3. The monoisotopic (exact) mass is 357 g/mol. The van der Waals surface area contributed by atoms with Gasteiger partial charge in [-0.15, -0.1) is 0 Å². The van der Waals surface area contributed by atoms with Crippen molar-refractivity contribution in [1.29, 1.82) is 0 Å². The Labute approximate surface area is 153 Å². The van der Waals surface area contributed by atoms with E-state index in [0.717, 1.165) is 24.5 Å². The molecule has 0 saturated carbocycles. The van der Waals surface area contributed by atoms with E-state index in [1.165, 1.54) is 23.8 Å². The summed E-state index contributed by atoms with van der Waals surface area (Å²) >= 11 is 0. The minimum atomic E-state index is -0.404. The van der Waals surface area contributed by atoms with Crippen molar-refractivity contribution < 1.29 is 13.9 Å². The molecule has 26 heavy (non-hydrogen) atoms. The van der Waals surface area contributed by atoms with Crippen LogP contribution in [0.3, 0.4) is 0 Å². The van der Waals surface area contributed by atoms with E-state index in [9.17, 15) is 9.18 Å². The van der Waals surface area contributed by atoms with Gasteiger partial charge in [0.2, 0.25) is 0 Å². The summed E-state index contributed by atoms with van der Waals surface area (Å²) in [5.74, 6) is -0.208. The fourth-order valence-electron chi connectivity index (χ4n) is 2.98. The third kappa shape index (κ3) is 4.45. The van der Waals surface area contributed by atoms with Crippen LogP contribution < -0.4 is 15.0 Å². The number of urea groups is 1. The molecule has 0 radical (unpaired) electrons. The van der Waals surface area contributed by atoms with Crippen molar-refractivity contribution in [3.63, 3.8) is 0 Å². The van der Waals surface area contributed by atoms with Gasteiger partial charge in [-0.1, -0.05) is 24.3 Å². The highest BCUT2D eigenvalue weighted by Gasteiger charge is 2.17. The Kier molecular flexibility index (Phi) is 5.94. The highest BCUT2D eigenvalue weighted by atomic mass is 19.1. The van der Waals surface area contributed by atoms with E-state index in [1.807, 2.05) is 24.3 Å². The molecule has 0 atom stereocenters. The molecule has 0 spiro atoms. The summed E-state index contributed by atoms with van der Waals surface area (Å²) in [5, 5.41) is 2.96. The van der Waals surface area contributed by atoms with Crippen LogP contribution in [0.2, 0.25) is 0 Å². The van der Waals surface area contributed by atoms with E-state index in [-0.39, 0.29) is 18.4 Å². The van der Waals surface area contributed by atoms with Gasteiger partial charge in [0.1, 0.15) is 6.61 Å². The molecule has 1 N–H and O–H groups in total. The summed E-state index contributed by atoms with van der Waals surface area (Å²) in [7, 11) is 1.69. The lowest BCUT2D eigenvalue weighted by atomic mass is 10.2. The molecule has 6 heteroatoms. The maximum atomic E-state index is 13.5. The fraction of sp³-hybridized carbons (Fsp3) is 0.350. The van der Waals surface area contributed by atoms with Crippen LogP contribution in [0.1, 0.15) is 12.8 Å². The van der Waals surface area contributed by atoms with E-state index in [4.69, 9.17) is 4.74 Å². The van der Waals surface area contributed by atoms with Crippen molar-refractivity contribution in [3.05, 3.63) is 54.3 Å². The van der Waals surface area contributed by atoms with Gasteiger partial charge in [0.15, 0.2) is 11.6 Å². The molecule has 1 fully saturated rings. The average molecular weight is 357 g/mol. The van der Waals surface area contributed by atoms with Gasteiger partial charge in [0, 0.05) is 20.1 Å². The minimum absolute atomic E-state index is 0.195. The Morgan fingerprint density at radius 3 is 2.62 bits per heavy atom. The molecule has 0 aliphatic carbocycles. The Morgan fingerprint density at radius 2 is 1.85 bits per heavy atom. The first-order valence-electron chi connectivity index (χ1n) is 8.88. The Bertz CT molecular complexity index is 747. The molecular formula is C20H24FN3O2. The first-order chi connectivity index (χ1) is 12.6. The maximum Gasteiger partial charge on any atom is 0.321 e. The van der Waals surface area contributed by atoms with Crippen LogP contribution in [0.5, 0.6) is 5.75 Å². The second-order valence-corrected chi connectivity index (χ2v) is 6.34. The summed E-state index contributed by atoms with van der Waals surface area (Å²) in [6, 6.07) is 13.9. The number of carbonyl (C=O) groups is 1. The number of amides is 2. The van der Waals surface area contributed by atoms with Gasteiger partial charge in [-0.25, -0.2) is 9.18 Å². The molecule has 3 rings (SSSR count). The molecule has 0 aromatic heterocycles. The Hall–Kier alpha value is -2.76. The fourth-order valence-corrected chi connectivity index (χ4v) is 2.98. The van der Waals surface area contributed by atoms with Crippen molar-refractivity contribution in [2.45, 2.75) is 12.8 Å². The molecule has 5 nitrogen and oxygen atoms in total. The van der Waals surface area contributed by atoms with Crippen molar-refractivity contribution in [2.75, 3.05) is 43.5 Å². The van der Waals surface area contributed by atoms with Crippen LogP contribution in [-0.4, -0.2) is 44.2 Å². The van der Waals surface area contributed by atoms with Gasteiger partial charge in [0.25, 0.3) is 0 Å². The number of benzene rings is 2. The highest BCUT2D eigenvalue weighted by Crippen LogP contribution is 2.28. The Morgan fingerprint density at radius 1 is 1.15 bits per heavy atom. The number of anilines is 2. The van der Waals surface area contributed by atoms with Gasteiger partial charge >= 0.3 is 6.03 Å². The van der Waals surface area contributed by atoms with Gasteiger partial charge in [-0.05, 0) is 37.1 Å². The minimum Gasteiger partial charge on any atom is -0.489 e. The van der Waals surface area contributed by atoms with Crippen LogP contribution >= 0.6 is 0 Å². The molecule has 1 heterocycles. The summed E-state index contributed by atoms with van der Waals surface area (Å²) in [5.41, 5.74) is 1.86. The molecule has 2 aromatic carbocycles. The predicted molar refractivity (Wildman–Crippen MR) is 101 cm³/mol. The van der Waals surface area contributed by atoms with Gasteiger partial charge in [-0.2, -0.15) is 0 Å². The zero-order valence-electron chi connectivity index (χ0n) is 15.0. The SMILES string of the molecule is CN(CCOc1ccccc1F)C(=O)Nc1ccccc1N1CCCC1. The van der Waals surface area contributed by atoms with Crippen LogP contribution in [0.15, 0.2) is 48.5 Å². The standard InChI is InChI=1S/C20H24FN3O2/c1-23(14-15-26-19-11-5-2-8-16(19)21)20(25)22-17-9-3-4-10-18(17)24-12-6-7-13-24/h2-5,8-11H,6-7,12-15H2,1H3,(H,22,25). The second-order valence-electron chi connectivity index (χ2n) is 6.34. The maximum absolute atomic E-state index is 13.5. The molecule has 138 valence electrons. The number of halogens is 1. The zero-order chi connectivity index (χ0) is 18.4. The average Bonchev–Trinajstić information content (AvgIpc) is 3.18. The molecule has 0 bridgehead atoms. The Balaban J connectivity index is 1.54. The zero-order valence-corrected chi connectivity index (χ0v) is 15.0. The van der Waals surface area contributed by atoms with E-state index < -0.39 is 5.82 Å². The van der Waals surface area contributed by atoms with Gasteiger partial charge in [-0.3, -0.25) is 0 Å². The smallest absolute Gasteiger partial charge is 0.321 e. The number of ether oxygens (including phenoxy) is 1. The van der Waals surface area contributed by atoms with Crippen LogP contribution in [0, 0.1) is 5.82 Å². The van der Waals surface area contributed by atoms with Crippen molar-refractivity contribution in [3.8, 4) is 5.75 Å². The third-order valence-electron chi connectivity index (χ3n) is 4.46. The second kappa shape index (κ2) is 8.56. The van der Waals surface area contributed by atoms with Crippen LogP contribution in [0.25, 0.3) is 0 Å². The topological polar surface area (TPSA) is 44.8 Å². The molecule has 1 aliphatic heterocycles.